The van der Waals surface area contributed by atoms with Gasteiger partial charge < -0.3 is 9.47 Å². The van der Waals surface area contributed by atoms with E-state index >= 15 is 0 Å². The highest BCUT2D eigenvalue weighted by atomic mass is 16.6. The maximum absolute atomic E-state index is 5.69. The molecule has 2 heterocycles. The minimum absolute atomic E-state index is 0.676. The Labute approximate surface area is 71.2 Å². The van der Waals surface area contributed by atoms with E-state index in [1.54, 1.807) is 0 Å². The summed E-state index contributed by atoms with van der Waals surface area (Å²) in [5.74, 6) is 3.77. The number of rotatable bonds is 0. The molecule has 0 aromatic carbocycles. The predicted molar refractivity (Wildman–Crippen MR) is 40.5 cm³/mol. The molecule has 2 heteroatoms. The fourth-order valence-electron chi connectivity index (χ4n) is 4.58. The van der Waals surface area contributed by atoms with Crippen LogP contribution in [0.25, 0.3) is 0 Å². The van der Waals surface area contributed by atoms with E-state index in [-0.39, 0.29) is 0 Å². The van der Waals surface area contributed by atoms with Gasteiger partial charge >= 0.3 is 0 Å². The second kappa shape index (κ2) is 1.38. The maximum Gasteiger partial charge on any atom is 0.0876 e. The molecule has 0 unspecified atom stereocenters. The molecule has 5 aliphatic rings. The molecule has 64 valence electrons. The Morgan fingerprint density at radius 1 is 0.750 bits per heavy atom. The van der Waals surface area contributed by atoms with Gasteiger partial charge in [-0.3, -0.25) is 0 Å². The van der Waals surface area contributed by atoms with Crippen molar-refractivity contribution in [3.05, 3.63) is 0 Å². The largest absolute Gasteiger partial charge is 0.369 e. The number of epoxide rings is 2. The molecule has 3 aliphatic carbocycles. The molecule has 2 saturated heterocycles. The molecular formula is C10H12O2. The molecule has 5 rings (SSSR count). The molecule has 3 saturated carbocycles. The van der Waals surface area contributed by atoms with Crippen LogP contribution in [-0.2, 0) is 9.47 Å². The summed E-state index contributed by atoms with van der Waals surface area (Å²) in [7, 11) is 0. The summed E-state index contributed by atoms with van der Waals surface area (Å²) < 4.78 is 11.3. The summed E-state index contributed by atoms with van der Waals surface area (Å²) in [6.07, 6.45) is 5.58. The quantitative estimate of drug-likeness (QED) is 0.495. The molecule has 2 aliphatic heterocycles. The zero-order chi connectivity index (χ0) is 7.45. The summed E-state index contributed by atoms with van der Waals surface area (Å²) in [4.78, 5) is 0. The van der Waals surface area contributed by atoms with Crippen LogP contribution in [-0.4, -0.2) is 24.4 Å². The lowest BCUT2D eigenvalue weighted by molar-refractivity contribution is 0.162. The molecule has 0 aromatic rings. The van der Waals surface area contributed by atoms with Crippen LogP contribution in [0.3, 0.4) is 0 Å². The average molecular weight is 164 g/mol. The van der Waals surface area contributed by atoms with E-state index in [1.165, 1.54) is 12.8 Å². The molecule has 12 heavy (non-hydrogen) atoms. The van der Waals surface area contributed by atoms with Gasteiger partial charge in [-0.25, -0.2) is 0 Å². The van der Waals surface area contributed by atoms with Crippen molar-refractivity contribution in [2.45, 2.75) is 37.3 Å². The molecule has 0 radical (unpaired) electrons. The lowest BCUT2D eigenvalue weighted by atomic mass is 9.81. The Balaban J connectivity index is 1.66. The highest BCUT2D eigenvalue weighted by Gasteiger charge is 2.74. The molecule has 5 fully saturated rings. The van der Waals surface area contributed by atoms with Crippen molar-refractivity contribution in [2.75, 3.05) is 0 Å². The van der Waals surface area contributed by atoms with Crippen molar-refractivity contribution >= 4 is 0 Å². The average Bonchev–Trinajstić information content (AvgIpc) is 2.92. The number of fused-ring (bicyclic) bond motifs is 10. The third-order valence-corrected chi connectivity index (χ3v) is 4.99. The summed E-state index contributed by atoms with van der Waals surface area (Å²) in [5.41, 5.74) is 0. The van der Waals surface area contributed by atoms with Crippen molar-refractivity contribution in [3.63, 3.8) is 0 Å². The van der Waals surface area contributed by atoms with Crippen LogP contribution in [0.1, 0.15) is 12.8 Å². The van der Waals surface area contributed by atoms with Crippen molar-refractivity contribution in [3.8, 4) is 0 Å². The molecule has 0 N–H and O–H groups in total. The zero-order valence-electron chi connectivity index (χ0n) is 6.85. The molecule has 2 bridgehead atoms. The molecule has 0 aromatic heterocycles. The Kier molecular flexibility index (Phi) is 0.644. The Hall–Kier alpha value is -0.0800. The second-order valence-electron chi connectivity index (χ2n) is 5.24. The molecule has 2 nitrogen and oxygen atoms in total. The minimum atomic E-state index is 0.676. The van der Waals surface area contributed by atoms with Gasteiger partial charge in [0.25, 0.3) is 0 Å². The standard InChI is InChI=1S/C10H12O2/c1-4-3-2-6-10(11-6)7(3)5(1)9-8(4)12-9/h3-10H,1-2H2/t3-,4-,5-,6+,7+,8+,9-,10+/m0/s1. The van der Waals surface area contributed by atoms with Crippen LogP contribution in [0.4, 0.5) is 0 Å². The van der Waals surface area contributed by atoms with Gasteiger partial charge in [0.2, 0.25) is 0 Å². The van der Waals surface area contributed by atoms with E-state index in [9.17, 15) is 0 Å². The third-order valence-electron chi connectivity index (χ3n) is 4.99. The Bertz CT molecular complexity index is 273. The maximum atomic E-state index is 5.69. The van der Waals surface area contributed by atoms with Gasteiger partial charge in [0, 0.05) is 0 Å². The van der Waals surface area contributed by atoms with Gasteiger partial charge in [0.05, 0.1) is 24.4 Å². The molecule has 8 atom stereocenters. The molecular weight excluding hydrogens is 152 g/mol. The highest BCUT2D eigenvalue weighted by molar-refractivity contribution is 5.21. The zero-order valence-corrected chi connectivity index (χ0v) is 6.85. The lowest BCUT2D eigenvalue weighted by Gasteiger charge is -2.22. The first-order valence-corrected chi connectivity index (χ1v) is 5.24. The van der Waals surface area contributed by atoms with Crippen LogP contribution >= 0.6 is 0 Å². The van der Waals surface area contributed by atoms with E-state index in [0.717, 1.165) is 23.7 Å². The fourth-order valence-corrected chi connectivity index (χ4v) is 4.58. The fraction of sp³-hybridized carbons (Fsp3) is 1.00. The Morgan fingerprint density at radius 2 is 1.67 bits per heavy atom. The minimum Gasteiger partial charge on any atom is -0.369 e. The van der Waals surface area contributed by atoms with Gasteiger partial charge in [0.15, 0.2) is 0 Å². The Morgan fingerprint density at radius 3 is 2.67 bits per heavy atom. The summed E-state index contributed by atoms with van der Waals surface area (Å²) in [5, 5.41) is 0. The van der Waals surface area contributed by atoms with Crippen molar-refractivity contribution in [1.82, 2.24) is 0 Å². The van der Waals surface area contributed by atoms with Gasteiger partial charge in [-0.15, -0.1) is 0 Å². The second-order valence-corrected chi connectivity index (χ2v) is 5.24. The summed E-state index contributed by atoms with van der Waals surface area (Å²) >= 11 is 0. The van der Waals surface area contributed by atoms with Crippen LogP contribution in [0.5, 0.6) is 0 Å². The first-order chi connectivity index (χ1) is 5.93. The van der Waals surface area contributed by atoms with E-state index in [4.69, 9.17) is 9.47 Å². The number of ether oxygens (including phenoxy) is 2. The van der Waals surface area contributed by atoms with E-state index < -0.39 is 0 Å². The van der Waals surface area contributed by atoms with Gasteiger partial charge in [-0.2, -0.15) is 0 Å². The van der Waals surface area contributed by atoms with Crippen LogP contribution in [0.2, 0.25) is 0 Å². The predicted octanol–water partition coefficient (Wildman–Crippen LogP) is 0.807. The summed E-state index contributed by atoms with van der Waals surface area (Å²) in [6.45, 7) is 0. The van der Waals surface area contributed by atoms with Crippen LogP contribution in [0.15, 0.2) is 0 Å². The van der Waals surface area contributed by atoms with Gasteiger partial charge in [-0.1, -0.05) is 0 Å². The van der Waals surface area contributed by atoms with Crippen LogP contribution in [0, 0.1) is 23.7 Å². The van der Waals surface area contributed by atoms with Crippen molar-refractivity contribution in [1.29, 1.82) is 0 Å². The monoisotopic (exact) mass is 164 g/mol. The number of hydrogen-bond acceptors (Lipinski definition) is 2. The molecule has 0 amide bonds. The van der Waals surface area contributed by atoms with E-state index in [2.05, 4.69) is 0 Å². The smallest absolute Gasteiger partial charge is 0.0876 e. The van der Waals surface area contributed by atoms with Crippen molar-refractivity contribution < 1.29 is 9.47 Å². The van der Waals surface area contributed by atoms with Crippen LogP contribution < -0.4 is 0 Å². The highest BCUT2D eigenvalue weighted by Crippen LogP contribution is 2.69. The van der Waals surface area contributed by atoms with Crippen molar-refractivity contribution in [2.24, 2.45) is 23.7 Å². The molecule has 0 spiro atoms. The first kappa shape index (κ1) is 5.61. The SMILES string of the molecule is C1[C@@H]2[C@@H]3O[C@@H]3[C@@H]1[C@@H]1C[C@H]3O[C@H]3[C@@H]21. The van der Waals surface area contributed by atoms with E-state index in [1.807, 2.05) is 0 Å². The van der Waals surface area contributed by atoms with E-state index in [0.29, 0.717) is 24.4 Å². The first-order valence-electron chi connectivity index (χ1n) is 5.24. The van der Waals surface area contributed by atoms with Gasteiger partial charge in [-0.05, 0) is 36.5 Å². The van der Waals surface area contributed by atoms with Gasteiger partial charge in [0.1, 0.15) is 0 Å². The normalized spacial score (nSPS) is 80.0. The number of hydrogen-bond donors (Lipinski definition) is 0. The lowest BCUT2D eigenvalue weighted by Crippen LogP contribution is -2.27. The topological polar surface area (TPSA) is 25.1 Å². The summed E-state index contributed by atoms with van der Waals surface area (Å²) in [6, 6.07) is 0. The third kappa shape index (κ3) is 0.409.